The number of pyridine rings is 2. The van der Waals surface area contributed by atoms with Crippen LogP contribution in [0.3, 0.4) is 0 Å². The van der Waals surface area contributed by atoms with E-state index in [0.29, 0.717) is 19.4 Å². The van der Waals surface area contributed by atoms with Gasteiger partial charge in [-0.25, -0.2) is 19.3 Å². The van der Waals surface area contributed by atoms with E-state index in [1.165, 1.54) is 23.8 Å². The molecule has 12 nitrogen and oxygen atoms in total. The number of nitrogens with zero attached hydrogens (tertiary/aromatic N) is 8. The van der Waals surface area contributed by atoms with E-state index in [1.54, 1.807) is 0 Å². The van der Waals surface area contributed by atoms with E-state index >= 15 is 0 Å². The van der Waals surface area contributed by atoms with Crippen LogP contribution in [0, 0.1) is 0 Å². The highest BCUT2D eigenvalue weighted by Gasteiger charge is 2.25. The van der Waals surface area contributed by atoms with Crippen LogP contribution in [-0.2, 0) is 32.4 Å². The maximum Gasteiger partial charge on any atom is 0.140 e. The first-order chi connectivity index (χ1) is 29.9. The Hall–Kier alpha value is -3.97. The second-order valence-corrected chi connectivity index (χ2v) is 31.3. The molecule has 15 heteroatoms. The van der Waals surface area contributed by atoms with Gasteiger partial charge in [0.1, 0.15) is 36.5 Å². The lowest BCUT2D eigenvalue weighted by atomic mass is 10.0. The third kappa shape index (κ3) is 11.6. The van der Waals surface area contributed by atoms with Crippen LogP contribution in [0.25, 0.3) is 44.3 Å². The van der Waals surface area contributed by atoms with Gasteiger partial charge in [-0.05, 0) is 91.0 Å². The van der Waals surface area contributed by atoms with Gasteiger partial charge in [-0.15, -0.1) is 0 Å². The second kappa shape index (κ2) is 19.8. The fraction of sp³-hybridized carbons (Fsp3) is 0.489. The molecule has 0 spiro atoms. The van der Waals surface area contributed by atoms with Crippen LogP contribution >= 0.6 is 15.9 Å². The summed E-state index contributed by atoms with van der Waals surface area (Å²) in [4.78, 5) is 13.8. The number of anilines is 2. The molecular formula is C47H63BrN8O4Si2. The summed E-state index contributed by atoms with van der Waals surface area (Å²) in [6.07, 6.45) is 6.37. The van der Waals surface area contributed by atoms with E-state index in [0.717, 1.165) is 133 Å². The summed E-state index contributed by atoms with van der Waals surface area (Å²) >= 11 is 3.61. The maximum absolute atomic E-state index is 6.06. The van der Waals surface area contributed by atoms with Gasteiger partial charge in [0.2, 0.25) is 0 Å². The van der Waals surface area contributed by atoms with Gasteiger partial charge in [0.05, 0.1) is 37.5 Å². The number of hydrogen-bond donors (Lipinski definition) is 0. The smallest absolute Gasteiger partial charge is 0.140 e. The van der Waals surface area contributed by atoms with Crippen molar-refractivity contribution in [1.82, 2.24) is 29.5 Å². The molecule has 3 fully saturated rings. The minimum Gasteiger partial charge on any atom is -0.378 e. The van der Waals surface area contributed by atoms with Crippen LogP contribution in [0.2, 0.25) is 51.4 Å². The number of halogens is 1. The molecule has 0 N–H and O–H groups in total. The van der Waals surface area contributed by atoms with E-state index < -0.39 is 16.1 Å². The molecule has 6 heterocycles. The molecule has 6 aromatic rings. The van der Waals surface area contributed by atoms with Crippen molar-refractivity contribution in [1.29, 1.82) is 0 Å². The molecule has 9 rings (SSSR count). The van der Waals surface area contributed by atoms with Crippen molar-refractivity contribution in [2.45, 2.75) is 83.6 Å². The highest BCUT2D eigenvalue weighted by Crippen LogP contribution is 2.42. The standard InChI is InChI=1S/C25H34N4O2Si.C22H29BrN4O2Si/c1-32(2,3)15-14-31-18-29-23-7-6-20(19-4-5-19)16-22(23)25(27-29)21-8-9-26-24(17-21)28-10-12-30-13-11-28;1-30(2,3)13-12-29-16-27-20-5-4-18(23)15-19(20)22(25-27)17-6-7-24-21(14-17)26-8-10-28-11-9-26/h6-9,16-17,19H,4-5,10-15,18H2,1-3H3;4-7,14-15H,8-13,16H2,1-3H3. The third-order valence-corrected chi connectivity index (χ3v) is 15.6. The first-order valence-corrected chi connectivity index (χ1v) is 30.5. The first kappa shape index (κ1) is 44.6. The summed E-state index contributed by atoms with van der Waals surface area (Å²) in [6.45, 7) is 23.2. The lowest BCUT2D eigenvalue weighted by molar-refractivity contribution is 0.0818. The molecular weight excluding hydrogens is 877 g/mol. The van der Waals surface area contributed by atoms with Crippen molar-refractivity contribution >= 4 is 65.5 Å². The molecule has 4 aromatic heterocycles. The van der Waals surface area contributed by atoms with Gasteiger partial charge in [0, 0.05) is 94.3 Å². The maximum atomic E-state index is 6.06. The van der Waals surface area contributed by atoms with Crippen molar-refractivity contribution in [2.75, 3.05) is 75.6 Å². The molecule has 0 amide bonds. The van der Waals surface area contributed by atoms with Crippen LogP contribution < -0.4 is 9.80 Å². The van der Waals surface area contributed by atoms with Gasteiger partial charge in [0.15, 0.2) is 0 Å². The highest BCUT2D eigenvalue weighted by atomic mass is 79.9. The topological polar surface area (TPSA) is 105 Å². The summed E-state index contributed by atoms with van der Waals surface area (Å²) < 4.78 is 28.1. The van der Waals surface area contributed by atoms with Crippen LogP contribution in [-0.4, -0.2) is 111 Å². The summed E-state index contributed by atoms with van der Waals surface area (Å²) in [7, 11) is -2.22. The van der Waals surface area contributed by atoms with Gasteiger partial charge in [0.25, 0.3) is 0 Å². The van der Waals surface area contributed by atoms with Crippen LogP contribution in [0.5, 0.6) is 0 Å². The van der Waals surface area contributed by atoms with E-state index in [4.69, 9.17) is 29.1 Å². The van der Waals surface area contributed by atoms with Gasteiger partial charge in [-0.2, -0.15) is 10.2 Å². The Morgan fingerprint density at radius 3 is 1.55 bits per heavy atom. The lowest BCUT2D eigenvalue weighted by Crippen LogP contribution is -2.36. The van der Waals surface area contributed by atoms with Gasteiger partial charge in [-0.3, -0.25) is 0 Å². The Kier molecular flexibility index (Phi) is 14.3. The minimum atomic E-state index is -1.11. The van der Waals surface area contributed by atoms with Crippen LogP contribution in [0.15, 0.2) is 77.5 Å². The Labute approximate surface area is 377 Å². The number of benzene rings is 2. The first-order valence-electron chi connectivity index (χ1n) is 22.3. The quantitative estimate of drug-likeness (QED) is 0.0730. The monoisotopic (exact) mass is 938 g/mol. The normalized spacial score (nSPS) is 16.2. The van der Waals surface area contributed by atoms with E-state index in [2.05, 4.69) is 130 Å². The molecule has 2 aliphatic heterocycles. The molecule has 1 aliphatic carbocycles. The summed E-state index contributed by atoms with van der Waals surface area (Å²) in [6, 6.07) is 23.9. The van der Waals surface area contributed by atoms with E-state index in [-0.39, 0.29) is 0 Å². The predicted molar refractivity (Wildman–Crippen MR) is 260 cm³/mol. The fourth-order valence-corrected chi connectivity index (χ4v) is 9.64. The number of hydrogen-bond acceptors (Lipinski definition) is 10. The Balaban J connectivity index is 0.000000171. The zero-order valence-electron chi connectivity index (χ0n) is 37.4. The summed E-state index contributed by atoms with van der Waals surface area (Å²) in [5.41, 5.74) is 7.80. The number of fused-ring (bicyclic) bond motifs is 2. The SMILES string of the molecule is C[Si](C)(C)CCOCn1nc(-c2ccnc(N3CCOCC3)c2)c2cc(Br)ccc21.C[Si](C)(C)CCOCn1nc(-c2ccnc(N3CCOCC3)c2)c2cc(C3CC3)ccc21. The Bertz CT molecular complexity index is 2430. The Morgan fingerprint density at radius 1 is 0.613 bits per heavy atom. The number of rotatable bonds is 15. The molecule has 1 saturated carbocycles. The molecule has 2 saturated heterocycles. The number of aromatic nitrogens is 6. The van der Waals surface area contributed by atoms with Crippen molar-refractivity contribution in [3.63, 3.8) is 0 Å². The molecule has 2 aromatic carbocycles. The van der Waals surface area contributed by atoms with E-state index in [1.807, 2.05) is 27.8 Å². The Morgan fingerprint density at radius 2 is 1.08 bits per heavy atom. The zero-order valence-corrected chi connectivity index (χ0v) is 41.0. The predicted octanol–water partition coefficient (Wildman–Crippen LogP) is 10.1. The third-order valence-electron chi connectivity index (χ3n) is 11.7. The molecule has 330 valence electrons. The van der Waals surface area contributed by atoms with Crippen molar-refractivity contribution in [2.24, 2.45) is 0 Å². The second-order valence-electron chi connectivity index (χ2n) is 19.1. The largest absolute Gasteiger partial charge is 0.378 e. The van der Waals surface area contributed by atoms with Crippen LogP contribution in [0.4, 0.5) is 11.6 Å². The number of ether oxygens (including phenoxy) is 4. The van der Waals surface area contributed by atoms with Crippen molar-refractivity contribution in [3.05, 3.63) is 83.1 Å². The van der Waals surface area contributed by atoms with Gasteiger partial charge < -0.3 is 28.7 Å². The van der Waals surface area contributed by atoms with Gasteiger partial charge >= 0.3 is 0 Å². The minimum absolute atomic E-state index is 0.462. The molecule has 62 heavy (non-hydrogen) atoms. The van der Waals surface area contributed by atoms with Crippen LogP contribution in [0.1, 0.15) is 24.3 Å². The van der Waals surface area contributed by atoms with Gasteiger partial charge in [-0.1, -0.05) is 61.3 Å². The molecule has 0 unspecified atom stereocenters. The lowest BCUT2D eigenvalue weighted by Gasteiger charge is -2.27. The molecule has 3 aliphatic rings. The number of morpholine rings is 2. The average molecular weight is 940 g/mol. The molecule has 0 bridgehead atoms. The highest BCUT2D eigenvalue weighted by molar-refractivity contribution is 9.10. The fourth-order valence-electron chi connectivity index (χ4n) is 7.76. The zero-order chi connectivity index (χ0) is 43.3. The molecule has 0 atom stereocenters. The average Bonchev–Trinajstić information content (AvgIpc) is 3.98. The van der Waals surface area contributed by atoms with E-state index in [9.17, 15) is 0 Å². The van der Waals surface area contributed by atoms with Crippen molar-refractivity contribution in [3.8, 4) is 22.5 Å². The van der Waals surface area contributed by atoms with Crippen molar-refractivity contribution < 1.29 is 18.9 Å². The summed E-state index contributed by atoms with van der Waals surface area (Å²) in [5, 5.41) is 12.3. The summed E-state index contributed by atoms with van der Waals surface area (Å²) in [5.74, 6) is 2.68. The molecule has 0 radical (unpaired) electrons.